The van der Waals surface area contributed by atoms with Gasteiger partial charge >= 0.3 is 6.16 Å². The zero-order valence-corrected chi connectivity index (χ0v) is 5.33. The molecule has 2 N–H and O–H groups in total. The summed E-state index contributed by atoms with van der Waals surface area (Å²) in [5.41, 5.74) is 0. The van der Waals surface area contributed by atoms with E-state index in [0.29, 0.717) is 0 Å². The Labute approximate surface area is 60.7 Å². The van der Waals surface area contributed by atoms with E-state index in [1.807, 2.05) is 0 Å². The van der Waals surface area contributed by atoms with E-state index in [1.165, 1.54) is 0 Å². The van der Waals surface area contributed by atoms with Crippen LogP contribution in [0.3, 0.4) is 0 Å². The first-order valence-corrected chi connectivity index (χ1v) is 1.02. The van der Waals surface area contributed by atoms with Gasteiger partial charge in [-0.2, -0.15) is 0 Å². The first kappa shape index (κ1) is 10.8. The molecular weight excluding hydrogens is 186 g/mol. The van der Waals surface area contributed by atoms with Crippen molar-refractivity contribution < 1.29 is 54.1 Å². The smallest absolute Gasteiger partial charge is 0.315 e. The minimum atomic E-state index is -2.25. The van der Waals surface area contributed by atoms with Crippen molar-refractivity contribution in [3.8, 4) is 0 Å². The maximum absolute atomic E-state index is 7.74. The average Bonchev–Trinajstić information content (AvgIpc) is 1.76. The van der Waals surface area contributed by atoms with Crippen molar-refractivity contribution in [3.63, 3.8) is 0 Å². The van der Waals surface area contributed by atoms with E-state index in [-0.39, 0.29) is 34.1 Å². The molecule has 0 aromatic rings. The molecule has 1 fully saturated rings. The summed E-state index contributed by atoms with van der Waals surface area (Å²) in [5, 5.41) is 15.5. The molecule has 4 nitrogen and oxygen atoms in total. The second kappa shape index (κ2) is 3.02. The molecular formula is CH2Mn2O4. The van der Waals surface area contributed by atoms with Crippen LogP contribution in [0.5, 0.6) is 0 Å². The molecule has 1 saturated heterocycles. The summed E-state index contributed by atoms with van der Waals surface area (Å²) in [4.78, 5) is 7.01. The van der Waals surface area contributed by atoms with E-state index < -0.39 is 6.16 Å². The topological polar surface area (TPSA) is 65.5 Å². The zero-order chi connectivity index (χ0) is 3.91. The molecule has 44 valence electrons. The Bertz CT molecular complexity index is 47.7. The van der Waals surface area contributed by atoms with Gasteiger partial charge in [-0.15, -0.1) is 9.78 Å². The van der Waals surface area contributed by atoms with E-state index in [9.17, 15) is 0 Å². The molecule has 0 amide bonds. The molecule has 0 aromatic carbocycles. The SMILES string of the molecule is OC1(O)OO1.[Mn].[Mn]. The largest absolute Gasteiger partial charge is 0.461 e. The molecule has 1 aliphatic heterocycles. The van der Waals surface area contributed by atoms with Gasteiger partial charge in [-0.3, -0.25) is 0 Å². The summed E-state index contributed by atoms with van der Waals surface area (Å²) < 4.78 is 0. The Morgan fingerprint density at radius 1 is 1.00 bits per heavy atom. The monoisotopic (exact) mass is 188 g/mol. The van der Waals surface area contributed by atoms with E-state index in [2.05, 4.69) is 9.78 Å². The Morgan fingerprint density at radius 2 is 1.14 bits per heavy atom. The molecule has 1 aliphatic rings. The summed E-state index contributed by atoms with van der Waals surface area (Å²) in [6, 6.07) is 0. The van der Waals surface area contributed by atoms with Gasteiger partial charge in [0.1, 0.15) is 0 Å². The fourth-order valence-corrected chi connectivity index (χ4v) is 0.0373. The fraction of sp³-hybridized carbons (Fsp3) is 1.00. The number of hydrogen-bond donors (Lipinski definition) is 2. The van der Waals surface area contributed by atoms with Crippen molar-refractivity contribution in [1.29, 1.82) is 0 Å². The van der Waals surface area contributed by atoms with E-state index in [4.69, 9.17) is 10.2 Å². The van der Waals surface area contributed by atoms with Crippen LogP contribution >= 0.6 is 0 Å². The van der Waals surface area contributed by atoms with Crippen molar-refractivity contribution >= 4 is 0 Å². The molecule has 1 rings (SSSR count). The molecule has 0 atom stereocenters. The Kier molecular flexibility index (Phi) is 4.65. The Morgan fingerprint density at radius 3 is 1.14 bits per heavy atom. The van der Waals surface area contributed by atoms with Crippen molar-refractivity contribution in [3.05, 3.63) is 0 Å². The third kappa shape index (κ3) is 4.74. The summed E-state index contributed by atoms with van der Waals surface area (Å²) in [6.45, 7) is 0. The molecule has 6 heteroatoms. The molecule has 0 spiro atoms. The van der Waals surface area contributed by atoms with Crippen LogP contribution in [-0.4, -0.2) is 16.4 Å². The van der Waals surface area contributed by atoms with Crippen LogP contribution in [0, 0.1) is 0 Å². The van der Waals surface area contributed by atoms with Gasteiger partial charge in [0.15, 0.2) is 0 Å². The van der Waals surface area contributed by atoms with E-state index >= 15 is 0 Å². The maximum atomic E-state index is 7.74. The Balaban J connectivity index is 0. The van der Waals surface area contributed by atoms with Crippen LogP contribution in [0.25, 0.3) is 0 Å². The molecule has 1 heterocycles. The number of hydrogen-bond acceptors (Lipinski definition) is 4. The van der Waals surface area contributed by atoms with Crippen LogP contribution in [-0.2, 0) is 43.9 Å². The summed E-state index contributed by atoms with van der Waals surface area (Å²) in [5.74, 6) is 0. The van der Waals surface area contributed by atoms with Crippen LogP contribution in [0.15, 0.2) is 0 Å². The van der Waals surface area contributed by atoms with Crippen LogP contribution in [0.4, 0.5) is 0 Å². The molecule has 7 heavy (non-hydrogen) atoms. The van der Waals surface area contributed by atoms with Gasteiger partial charge in [0.2, 0.25) is 0 Å². The minimum Gasteiger partial charge on any atom is -0.315 e. The molecule has 0 bridgehead atoms. The van der Waals surface area contributed by atoms with Crippen molar-refractivity contribution in [1.82, 2.24) is 0 Å². The van der Waals surface area contributed by atoms with Crippen LogP contribution < -0.4 is 0 Å². The molecule has 0 unspecified atom stereocenters. The van der Waals surface area contributed by atoms with E-state index in [0.717, 1.165) is 0 Å². The normalized spacial score (nSPS) is 21.4. The predicted octanol–water partition coefficient (Wildman–Crippen LogP) is -1.46. The summed E-state index contributed by atoms with van der Waals surface area (Å²) >= 11 is 0. The van der Waals surface area contributed by atoms with Gasteiger partial charge in [-0.05, 0) is 0 Å². The number of rotatable bonds is 0. The number of aliphatic hydroxyl groups is 2. The van der Waals surface area contributed by atoms with Gasteiger partial charge in [0, 0.05) is 34.1 Å². The fourth-order valence-electron chi connectivity index (χ4n) is 0.0373. The van der Waals surface area contributed by atoms with Crippen LogP contribution in [0.2, 0.25) is 0 Å². The van der Waals surface area contributed by atoms with Crippen molar-refractivity contribution in [2.75, 3.05) is 0 Å². The van der Waals surface area contributed by atoms with Crippen molar-refractivity contribution in [2.45, 2.75) is 6.16 Å². The Hall–Kier alpha value is 0.879. The van der Waals surface area contributed by atoms with Gasteiger partial charge in [-0.25, -0.2) is 0 Å². The minimum absolute atomic E-state index is 0. The molecule has 0 aliphatic carbocycles. The summed E-state index contributed by atoms with van der Waals surface area (Å²) in [7, 11) is 0. The molecule has 0 saturated carbocycles. The first-order chi connectivity index (χ1) is 2.21. The van der Waals surface area contributed by atoms with Gasteiger partial charge in [-0.1, -0.05) is 0 Å². The van der Waals surface area contributed by atoms with Gasteiger partial charge in [0.05, 0.1) is 0 Å². The molecule has 2 radical (unpaired) electrons. The molecule has 0 aromatic heterocycles. The second-order valence-electron chi connectivity index (χ2n) is 0.715. The van der Waals surface area contributed by atoms with Crippen molar-refractivity contribution in [2.24, 2.45) is 0 Å². The first-order valence-electron chi connectivity index (χ1n) is 1.02. The second-order valence-corrected chi connectivity index (χ2v) is 0.715. The third-order valence-electron chi connectivity index (χ3n) is 0.232. The quantitative estimate of drug-likeness (QED) is 0.211. The third-order valence-corrected chi connectivity index (χ3v) is 0.232. The zero-order valence-electron chi connectivity index (χ0n) is 2.97. The van der Waals surface area contributed by atoms with Gasteiger partial charge in [0.25, 0.3) is 0 Å². The predicted molar refractivity (Wildman–Crippen MR) is 9.34 cm³/mol. The standard InChI is InChI=1S/CH2O4.2Mn/c2-1(3)4-5-1;;/h2-3H;;. The van der Waals surface area contributed by atoms with E-state index in [1.54, 1.807) is 0 Å². The van der Waals surface area contributed by atoms with Crippen LogP contribution in [0.1, 0.15) is 0 Å². The summed E-state index contributed by atoms with van der Waals surface area (Å²) in [6.07, 6.45) is -2.25. The van der Waals surface area contributed by atoms with Gasteiger partial charge < -0.3 is 10.2 Å². The average molecular weight is 188 g/mol. The maximum Gasteiger partial charge on any atom is 0.461 e.